The standard InChI is InChI=1S/C28H30O15/c1-28(39,8-18(32)33)9-19(34)41-10-17-22(35)24(37)25(38)27(43-17)21-23(36)20-15(31)6-12(40-2)7-16(20)42-26(21)11-3-4-13(29)14(30)5-11/h3-7,17,22,24-25,27,29-31,35,37-39H,8-10H2,1-2H3,(H,32,33)/t17-,22-,24+,25-,27+,28+/m1/s1. The normalized spacial score (nSPS) is 23.4. The van der Waals surface area contributed by atoms with E-state index in [4.69, 9.17) is 23.7 Å². The minimum Gasteiger partial charge on any atom is -0.507 e. The Balaban J connectivity index is 1.77. The molecule has 1 aromatic heterocycles. The average molecular weight is 607 g/mol. The highest BCUT2D eigenvalue weighted by Crippen LogP contribution is 2.41. The summed E-state index contributed by atoms with van der Waals surface area (Å²) in [6, 6.07) is 5.84. The molecule has 15 nitrogen and oxygen atoms in total. The molecule has 3 aromatic rings. The molecule has 1 saturated heterocycles. The van der Waals surface area contributed by atoms with Gasteiger partial charge in [0.15, 0.2) is 11.5 Å². The van der Waals surface area contributed by atoms with E-state index in [9.17, 15) is 50.1 Å². The summed E-state index contributed by atoms with van der Waals surface area (Å²) in [4.78, 5) is 37.1. The fourth-order valence-corrected chi connectivity index (χ4v) is 4.80. The fourth-order valence-electron chi connectivity index (χ4n) is 4.80. The van der Waals surface area contributed by atoms with Crippen LogP contribution in [0.4, 0.5) is 0 Å². The van der Waals surface area contributed by atoms with Crippen molar-refractivity contribution in [3.8, 4) is 34.3 Å². The van der Waals surface area contributed by atoms with Gasteiger partial charge in [-0.1, -0.05) is 0 Å². The van der Waals surface area contributed by atoms with Crippen molar-refractivity contribution in [2.45, 2.75) is 55.9 Å². The number of carboxylic acid groups (broad SMARTS) is 1. The summed E-state index contributed by atoms with van der Waals surface area (Å²) < 4.78 is 21.9. The minimum atomic E-state index is -1.97. The topological polar surface area (TPSA) is 254 Å². The van der Waals surface area contributed by atoms with E-state index in [0.717, 1.165) is 25.1 Å². The number of carboxylic acids is 1. The quantitative estimate of drug-likeness (QED) is 0.120. The van der Waals surface area contributed by atoms with E-state index in [2.05, 4.69) is 0 Å². The van der Waals surface area contributed by atoms with Crippen LogP contribution in [-0.4, -0.2) is 96.5 Å². The summed E-state index contributed by atoms with van der Waals surface area (Å²) in [5.41, 5.74) is -3.51. The largest absolute Gasteiger partial charge is 0.507 e. The monoisotopic (exact) mass is 606 g/mol. The molecule has 6 atom stereocenters. The summed E-state index contributed by atoms with van der Waals surface area (Å²) in [6.07, 6.45) is -10.6. The van der Waals surface area contributed by atoms with Gasteiger partial charge in [0.25, 0.3) is 0 Å². The van der Waals surface area contributed by atoms with Gasteiger partial charge in [-0.15, -0.1) is 0 Å². The molecule has 1 aliphatic rings. The van der Waals surface area contributed by atoms with Crippen LogP contribution in [-0.2, 0) is 19.1 Å². The maximum Gasteiger partial charge on any atom is 0.308 e. The third-order valence-corrected chi connectivity index (χ3v) is 6.92. The number of aliphatic carboxylic acids is 1. The molecule has 0 bridgehead atoms. The number of ether oxygens (including phenoxy) is 3. The Morgan fingerprint density at radius 3 is 2.28 bits per heavy atom. The lowest BCUT2D eigenvalue weighted by Crippen LogP contribution is -2.56. The first kappa shape index (κ1) is 31.5. The lowest BCUT2D eigenvalue weighted by molar-refractivity contribution is -0.235. The van der Waals surface area contributed by atoms with Crippen molar-refractivity contribution in [1.82, 2.24) is 0 Å². The number of hydrogen-bond acceptors (Lipinski definition) is 14. The van der Waals surface area contributed by atoms with Crippen LogP contribution < -0.4 is 10.2 Å². The number of methoxy groups -OCH3 is 1. The van der Waals surface area contributed by atoms with Crippen molar-refractivity contribution in [3.63, 3.8) is 0 Å². The first-order valence-corrected chi connectivity index (χ1v) is 12.8. The van der Waals surface area contributed by atoms with E-state index in [1.807, 2.05) is 0 Å². The summed E-state index contributed by atoms with van der Waals surface area (Å²) in [6.45, 7) is 0.358. The molecule has 0 saturated carbocycles. The van der Waals surface area contributed by atoms with E-state index < -0.39 is 95.7 Å². The summed E-state index contributed by atoms with van der Waals surface area (Å²) in [7, 11) is 1.31. The Morgan fingerprint density at radius 1 is 0.953 bits per heavy atom. The highest BCUT2D eigenvalue weighted by Gasteiger charge is 2.47. The Labute approximate surface area is 242 Å². The van der Waals surface area contributed by atoms with Gasteiger partial charge in [-0.2, -0.15) is 0 Å². The molecule has 0 spiro atoms. The molecule has 43 heavy (non-hydrogen) atoms. The minimum absolute atomic E-state index is 0.00617. The fraction of sp³-hybridized carbons (Fsp3) is 0.393. The summed E-state index contributed by atoms with van der Waals surface area (Å²) in [5, 5.41) is 81.3. The summed E-state index contributed by atoms with van der Waals surface area (Å²) >= 11 is 0. The first-order valence-electron chi connectivity index (χ1n) is 12.8. The number of fused-ring (bicyclic) bond motifs is 1. The third-order valence-electron chi connectivity index (χ3n) is 6.92. The number of aromatic hydroxyl groups is 3. The zero-order chi connectivity index (χ0) is 31.8. The van der Waals surface area contributed by atoms with Crippen molar-refractivity contribution in [2.75, 3.05) is 13.7 Å². The van der Waals surface area contributed by atoms with Gasteiger partial charge in [-0.3, -0.25) is 14.4 Å². The van der Waals surface area contributed by atoms with Crippen molar-refractivity contribution in [3.05, 3.63) is 46.1 Å². The Bertz CT molecular complexity index is 1590. The second kappa shape index (κ2) is 12.1. The van der Waals surface area contributed by atoms with Gasteiger partial charge in [-0.25, -0.2) is 0 Å². The molecule has 4 rings (SSSR count). The van der Waals surface area contributed by atoms with Gasteiger partial charge in [0.05, 0.1) is 31.1 Å². The molecule has 1 fully saturated rings. The molecular weight excluding hydrogens is 576 g/mol. The van der Waals surface area contributed by atoms with Crippen LogP contribution in [0.1, 0.15) is 31.4 Å². The van der Waals surface area contributed by atoms with Gasteiger partial charge in [0, 0.05) is 17.7 Å². The number of aliphatic hydroxyl groups excluding tert-OH is 3. The van der Waals surface area contributed by atoms with Crippen LogP contribution in [0.2, 0.25) is 0 Å². The number of phenols is 3. The van der Waals surface area contributed by atoms with Crippen LogP contribution in [0.3, 0.4) is 0 Å². The number of carbonyl (C=O) groups is 2. The maximum absolute atomic E-state index is 13.9. The lowest BCUT2D eigenvalue weighted by atomic mass is 9.89. The van der Waals surface area contributed by atoms with E-state index in [1.165, 1.54) is 19.2 Å². The van der Waals surface area contributed by atoms with Gasteiger partial charge in [-0.05, 0) is 25.1 Å². The van der Waals surface area contributed by atoms with Crippen molar-refractivity contribution >= 4 is 22.9 Å². The SMILES string of the molecule is COc1cc(O)c2c(=O)c([C@@H]3O[C@H](COC(=O)C[C@@](C)(O)CC(=O)O)[C@@H](O)[C@H](O)[C@H]3O)c(-c3ccc(O)c(O)c3)oc2c1. The van der Waals surface area contributed by atoms with Crippen LogP contribution in [0.25, 0.3) is 22.3 Å². The molecule has 0 amide bonds. The molecule has 8 N–H and O–H groups in total. The number of carbonyl (C=O) groups excluding carboxylic acids is 1. The Kier molecular flexibility index (Phi) is 8.84. The zero-order valence-corrected chi connectivity index (χ0v) is 22.8. The number of hydrogen-bond donors (Lipinski definition) is 8. The van der Waals surface area contributed by atoms with E-state index in [-0.39, 0.29) is 28.0 Å². The maximum atomic E-state index is 13.9. The second-order valence-corrected chi connectivity index (χ2v) is 10.4. The van der Waals surface area contributed by atoms with Gasteiger partial charge >= 0.3 is 11.9 Å². The number of benzene rings is 2. The highest BCUT2D eigenvalue weighted by atomic mass is 16.6. The molecule has 1 aliphatic heterocycles. The molecule has 2 aromatic carbocycles. The molecular formula is C28H30O15. The van der Waals surface area contributed by atoms with Gasteiger partial charge in [0.2, 0.25) is 5.43 Å². The smallest absolute Gasteiger partial charge is 0.308 e. The highest BCUT2D eigenvalue weighted by molar-refractivity contribution is 5.87. The summed E-state index contributed by atoms with van der Waals surface area (Å²) in [5.74, 6) is -4.27. The second-order valence-electron chi connectivity index (χ2n) is 10.4. The van der Waals surface area contributed by atoms with Crippen molar-refractivity contribution < 1.29 is 69.1 Å². The molecule has 15 heteroatoms. The Hall–Kier alpha value is -4.41. The average Bonchev–Trinajstić information content (AvgIpc) is 2.91. The molecule has 0 radical (unpaired) electrons. The Morgan fingerprint density at radius 2 is 1.65 bits per heavy atom. The van der Waals surface area contributed by atoms with Crippen LogP contribution in [0.5, 0.6) is 23.0 Å². The van der Waals surface area contributed by atoms with E-state index >= 15 is 0 Å². The molecule has 232 valence electrons. The molecule has 0 unspecified atom stereocenters. The molecule has 2 heterocycles. The number of aliphatic hydroxyl groups is 4. The van der Waals surface area contributed by atoms with Gasteiger partial charge in [0.1, 0.15) is 65.4 Å². The molecule has 0 aliphatic carbocycles. The zero-order valence-electron chi connectivity index (χ0n) is 22.8. The van der Waals surface area contributed by atoms with Gasteiger partial charge < -0.3 is 59.5 Å². The number of rotatable bonds is 9. The predicted octanol–water partition coefficient (Wildman–Crippen LogP) is 0.267. The van der Waals surface area contributed by atoms with Crippen LogP contribution in [0.15, 0.2) is 39.5 Å². The van der Waals surface area contributed by atoms with E-state index in [0.29, 0.717) is 0 Å². The number of phenolic OH excluding ortho intramolecular Hbond substituents is 3. The van der Waals surface area contributed by atoms with Crippen LogP contribution in [0, 0.1) is 0 Å². The predicted molar refractivity (Wildman–Crippen MR) is 144 cm³/mol. The van der Waals surface area contributed by atoms with Crippen LogP contribution >= 0.6 is 0 Å². The first-order chi connectivity index (χ1) is 20.1. The lowest BCUT2D eigenvalue weighted by Gasteiger charge is -2.40. The third kappa shape index (κ3) is 6.50. The van der Waals surface area contributed by atoms with E-state index in [1.54, 1.807) is 0 Å². The van der Waals surface area contributed by atoms with Crippen molar-refractivity contribution in [1.29, 1.82) is 0 Å². The van der Waals surface area contributed by atoms with Crippen molar-refractivity contribution in [2.24, 2.45) is 0 Å². The number of esters is 1.